The number of piperazine rings is 1. The van der Waals surface area contributed by atoms with Gasteiger partial charge in [0, 0.05) is 38.3 Å². The third-order valence-electron chi connectivity index (χ3n) is 3.66. The molecule has 3 heteroatoms. The molecule has 0 spiro atoms. The van der Waals surface area contributed by atoms with Crippen molar-refractivity contribution in [3.8, 4) is 0 Å². The molecule has 2 N–H and O–H groups in total. The first-order valence-corrected chi connectivity index (χ1v) is 6.35. The smallest absolute Gasteiger partial charge is 0.0278 e. The molecule has 2 fully saturated rings. The summed E-state index contributed by atoms with van der Waals surface area (Å²) < 4.78 is 0. The second kappa shape index (κ2) is 4.81. The summed E-state index contributed by atoms with van der Waals surface area (Å²) in [5, 5.41) is 7.03. The van der Waals surface area contributed by atoms with Gasteiger partial charge >= 0.3 is 0 Å². The van der Waals surface area contributed by atoms with Crippen LogP contribution < -0.4 is 10.6 Å². The van der Waals surface area contributed by atoms with Gasteiger partial charge in [-0.2, -0.15) is 0 Å². The Morgan fingerprint density at radius 3 is 2.53 bits per heavy atom. The maximum absolute atomic E-state index is 3.62. The molecule has 0 aromatic heterocycles. The fourth-order valence-electron chi connectivity index (χ4n) is 2.29. The molecule has 0 bridgehead atoms. The summed E-state index contributed by atoms with van der Waals surface area (Å²) >= 11 is 0. The number of hydrogen-bond donors (Lipinski definition) is 2. The summed E-state index contributed by atoms with van der Waals surface area (Å²) in [7, 11) is 0. The molecular formula is C12H25N3. The van der Waals surface area contributed by atoms with Gasteiger partial charge in [0.25, 0.3) is 0 Å². The van der Waals surface area contributed by atoms with Crippen molar-refractivity contribution < 1.29 is 0 Å². The second-order valence-corrected chi connectivity index (χ2v) is 5.62. The molecule has 2 aliphatic rings. The largest absolute Gasteiger partial charge is 0.315 e. The zero-order valence-electron chi connectivity index (χ0n) is 10.2. The lowest BCUT2D eigenvalue weighted by atomic mass is 10.0. The molecule has 0 atom stereocenters. The molecular weight excluding hydrogens is 186 g/mol. The maximum Gasteiger partial charge on any atom is 0.0278 e. The maximum atomic E-state index is 3.62. The van der Waals surface area contributed by atoms with E-state index in [1.807, 2.05) is 0 Å². The summed E-state index contributed by atoms with van der Waals surface area (Å²) in [6, 6.07) is 0. The Kier molecular flexibility index (Phi) is 3.65. The van der Waals surface area contributed by atoms with Crippen LogP contribution in [0.5, 0.6) is 0 Å². The summed E-state index contributed by atoms with van der Waals surface area (Å²) in [6.45, 7) is 11.8. The van der Waals surface area contributed by atoms with Crippen LogP contribution in [0.15, 0.2) is 0 Å². The Hall–Kier alpha value is -0.120. The highest BCUT2D eigenvalue weighted by atomic mass is 15.2. The van der Waals surface area contributed by atoms with Gasteiger partial charge < -0.3 is 10.6 Å². The Balaban J connectivity index is 1.70. The van der Waals surface area contributed by atoms with E-state index >= 15 is 0 Å². The first-order chi connectivity index (χ1) is 7.18. The molecule has 0 unspecified atom stereocenters. The van der Waals surface area contributed by atoms with Crippen LogP contribution in [-0.4, -0.2) is 49.7 Å². The predicted octanol–water partition coefficient (Wildman–Crippen LogP) is 0.670. The quantitative estimate of drug-likeness (QED) is 0.700. The van der Waals surface area contributed by atoms with E-state index in [1.165, 1.54) is 32.5 Å². The molecule has 1 saturated carbocycles. The Bertz CT molecular complexity index is 193. The average molecular weight is 211 g/mol. The van der Waals surface area contributed by atoms with Crippen molar-refractivity contribution in [2.45, 2.75) is 32.2 Å². The summed E-state index contributed by atoms with van der Waals surface area (Å²) in [6.07, 6.45) is 2.89. The Morgan fingerprint density at radius 2 is 1.93 bits per heavy atom. The van der Waals surface area contributed by atoms with E-state index in [-0.39, 0.29) is 0 Å². The predicted molar refractivity (Wildman–Crippen MR) is 64.1 cm³/mol. The van der Waals surface area contributed by atoms with E-state index in [9.17, 15) is 0 Å². The summed E-state index contributed by atoms with van der Waals surface area (Å²) in [4.78, 5) is 2.60. The average Bonchev–Trinajstić information content (AvgIpc) is 3.03. The van der Waals surface area contributed by atoms with Crippen LogP contribution in [-0.2, 0) is 0 Å². The minimum absolute atomic E-state index is 0.316. The number of nitrogens with one attached hydrogen (secondary N) is 2. The summed E-state index contributed by atoms with van der Waals surface area (Å²) in [5.74, 6) is 0.990. The third kappa shape index (κ3) is 3.44. The zero-order valence-corrected chi connectivity index (χ0v) is 10.2. The number of hydrogen-bond acceptors (Lipinski definition) is 3. The molecule has 1 heterocycles. The molecule has 1 aliphatic heterocycles. The normalized spacial score (nSPS) is 24.4. The standard InChI is InChI=1S/C12H25N3/c1-12(2,10-14-9-11-3-4-11)15-7-5-13-6-8-15/h11,13-14H,3-10H2,1-2H3. The lowest BCUT2D eigenvalue weighted by Crippen LogP contribution is -2.57. The lowest BCUT2D eigenvalue weighted by Gasteiger charge is -2.41. The van der Waals surface area contributed by atoms with Gasteiger partial charge in [0.15, 0.2) is 0 Å². The SMILES string of the molecule is CC(C)(CNCC1CC1)N1CCNCC1. The van der Waals surface area contributed by atoms with Crippen molar-refractivity contribution in [2.75, 3.05) is 39.3 Å². The van der Waals surface area contributed by atoms with Crippen LogP contribution in [0.2, 0.25) is 0 Å². The molecule has 1 aliphatic carbocycles. The van der Waals surface area contributed by atoms with Crippen molar-refractivity contribution >= 4 is 0 Å². The van der Waals surface area contributed by atoms with E-state index in [0.717, 1.165) is 25.6 Å². The van der Waals surface area contributed by atoms with Crippen LogP contribution in [0.25, 0.3) is 0 Å². The van der Waals surface area contributed by atoms with Crippen molar-refractivity contribution in [2.24, 2.45) is 5.92 Å². The number of rotatable bonds is 5. The van der Waals surface area contributed by atoms with Crippen molar-refractivity contribution in [3.63, 3.8) is 0 Å². The molecule has 2 rings (SSSR count). The molecule has 0 amide bonds. The van der Waals surface area contributed by atoms with Gasteiger partial charge in [-0.1, -0.05) is 0 Å². The Labute approximate surface area is 93.6 Å². The minimum Gasteiger partial charge on any atom is -0.315 e. The van der Waals surface area contributed by atoms with E-state index < -0.39 is 0 Å². The van der Waals surface area contributed by atoms with Crippen molar-refractivity contribution in [1.82, 2.24) is 15.5 Å². The highest BCUT2D eigenvalue weighted by molar-refractivity contribution is 4.87. The monoisotopic (exact) mass is 211 g/mol. The van der Waals surface area contributed by atoms with Gasteiger partial charge in [-0.05, 0) is 39.2 Å². The highest BCUT2D eigenvalue weighted by Crippen LogP contribution is 2.27. The molecule has 0 aromatic rings. The van der Waals surface area contributed by atoms with Gasteiger partial charge in [0.05, 0.1) is 0 Å². The highest BCUT2D eigenvalue weighted by Gasteiger charge is 2.28. The van der Waals surface area contributed by atoms with Gasteiger partial charge in [0.2, 0.25) is 0 Å². The van der Waals surface area contributed by atoms with Crippen LogP contribution in [0.1, 0.15) is 26.7 Å². The Morgan fingerprint density at radius 1 is 1.27 bits per heavy atom. The van der Waals surface area contributed by atoms with Crippen LogP contribution in [0.4, 0.5) is 0 Å². The molecule has 1 saturated heterocycles. The zero-order chi connectivity index (χ0) is 10.7. The van der Waals surface area contributed by atoms with E-state index in [4.69, 9.17) is 0 Å². The van der Waals surface area contributed by atoms with E-state index in [2.05, 4.69) is 29.4 Å². The van der Waals surface area contributed by atoms with Crippen LogP contribution >= 0.6 is 0 Å². The van der Waals surface area contributed by atoms with Gasteiger partial charge in [-0.25, -0.2) is 0 Å². The fraction of sp³-hybridized carbons (Fsp3) is 1.00. The van der Waals surface area contributed by atoms with Gasteiger partial charge in [-0.3, -0.25) is 4.90 Å². The number of nitrogens with zero attached hydrogens (tertiary/aromatic N) is 1. The molecule has 3 nitrogen and oxygen atoms in total. The third-order valence-corrected chi connectivity index (χ3v) is 3.66. The van der Waals surface area contributed by atoms with E-state index in [0.29, 0.717) is 5.54 Å². The molecule has 88 valence electrons. The van der Waals surface area contributed by atoms with Gasteiger partial charge in [-0.15, -0.1) is 0 Å². The molecule has 15 heavy (non-hydrogen) atoms. The lowest BCUT2D eigenvalue weighted by molar-refractivity contribution is 0.102. The van der Waals surface area contributed by atoms with E-state index in [1.54, 1.807) is 0 Å². The minimum atomic E-state index is 0.316. The molecule has 0 radical (unpaired) electrons. The van der Waals surface area contributed by atoms with Crippen LogP contribution in [0, 0.1) is 5.92 Å². The second-order valence-electron chi connectivity index (χ2n) is 5.62. The fourth-order valence-corrected chi connectivity index (χ4v) is 2.29. The first-order valence-electron chi connectivity index (χ1n) is 6.35. The van der Waals surface area contributed by atoms with Gasteiger partial charge in [0.1, 0.15) is 0 Å². The first kappa shape index (κ1) is 11.4. The molecule has 0 aromatic carbocycles. The topological polar surface area (TPSA) is 27.3 Å². The summed E-state index contributed by atoms with van der Waals surface area (Å²) in [5.41, 5.74) is 0.316. The van der Waals surface area contributed by atoms with Crippen LogP contribution in [0.3, 0.4) is 0 Å². The van der Waals surface area contributed by atoms with Crippen molar-refractivity contribution in [1.29, 1.82) is 0 Å². The van der Waals surface area contributed by atoms with Crippen molar-refractivity contribution in [3.05, 3.63) is 0 Å².